The third-order valence-corrected chi connectivity index (χ3v) is 4.29. The second kappa shape index (κ2) is 7.80. The van der Waals surface area contributed by atoms with Crippen molar-refractivity contribution in [1.29, 1.82) is 0 Å². The van der Waals surface area contributed by atoms with Gasteiger partial charge in [-0.1, -0.05) is 16.9 Å². The van der Waals surface area contributed by atoms with Crippen molar-refractivity contribution in [2.45, 2.75) is 17.7 Å². The first kappa shape index (κ1) is 17.0. The summed E-state index contributed by atoms with van der Waals surface area (Å²) in [6.45, 7) is 1.84. The molecule has 0 saturated heterocycles. The summed E-state index contributed by atoms with van der Waals surface area (Å²) in [6.07, 6.45) is 3.19. The molecule has 0 radical (unpaired) electrons. The van der Waals surface area contributed by atoms with Crippen LogP contribution in [0.5, 0.6) is 5.88 Å². The number of anilines is 1. The number of ether oxygens (including phenoxy) is 1. The molecule has 0 aromatic carbocycles. The highest BCUT2D eigenvalue weighted by Crippen LogP contribution is 2.25. The normalized spacial score (nSPS) is 10.5. The number of amides is 1. The van der Waals surface area contributed by atoms with Gasteiger partial charge in [0.15, 0.2) is 0 Å². The minimum absolute atomic E-state index is 0.251. The smallest absolute Gasteiger partial charge is 0.258 e. The lowest BCUT2D eigenvalue weighted by atomic mass is 10.2. The summed E-state index contributed by atoms with van der Waals surface area (Å²) in [6, 6.07) is 8.73. The molecule has 3 rings (SSSR count). The number of nitrogens with one attached hydrogen (secondary N) is 1. The minimum Gasteiger partial charge on any atom is -0.481 e. The average Bonchev–Trinajstić information content (AvgIpc) is 3.06. The van der Waals surface area contributed by atoms with E-state index in [4.69, 9.17) is 9.26 Å². The molecule has 0 aliphatic carbocycles. The Morgan fingerprint density at radius 2 is 2.20 bits per heavy atom. The topological polar surface area (TPSA) is 90.1 Å². The zero-order valence-electron chi connectivity index (χ0n) is 13.7. The Labute approximate surface area is 148 Å². The third kappa shape index (κ3) is 4.36. The maximum absolute atomic E-state index is 12.5. The lowest BCUT2D eigenvalue weighted by molar-refractivity contribution is 0.102. The van der Waals surface area contributed by atoms with E-state index >= 15 is 0 Å². The second-order valence-electron chi connectivity index (χ2n) is 5.12. The van der Waals surface area contributed by atoms with Crippen LogP contribution in [0.15, 0.2) is 52.3 Å². The standard InChI is InChI=1S/C17H16N4O3S/c1-11-8-13(21-24-11)10-25-17-14(4-3-7-18-17)16(22)20-12-5-6-15(23-2)19-9-12/h3-9H,10H2,1-2H3,(H,20,22). The first-order chi connectivity index (χ1) is 12.2. The SMILES string of the molecule is COc1ccc(NC(=O)c2cccnc2SCc2cc(C)on2)cn1. The largest absolute Gasteiger partial charge is 0.481 e. The molecule has 1 amide bonds. The van der Waals surface area contributed by atoms with Crippen LogP contribution in [0.4, 0.5) is 5.69 Å². The Morgan fingerprint density at radius 3 is 2.88 bits per heavy atom. The number of hydrogen-bond acceptors (Lipinski definition) is 7. The van der Waals surface area contributed by atoms with Crippen molar-refractivity contribution in [3.63, 3.8) is 0 Å². The molecule has 128 valence electrons. The van der Waals surface area contributed by atoms with E-state index in [0.717, 1.165) is 11.5 Å². The first-order valence-electron chi connectivity index (χ1n) is 7.47. The molecule has 0 bridgehead atoms. The van der Waals surface area contributed by atoms with Crippen LogP contribution in [-0.2, 0) is 5.75 Å². The van der Waals surface area contributed by atoms with Gasteiger partial charge in [-0.2, -0.15) is 0 Å². The Morgan fingerprint density at radius 1 is 1.32 bits per heavy atom. The van der Waals surface area contributed by atoms with Crippen molar-refractivity contribution in [3.05, 3.63) is 59.7 Å². The molecule has 25 heavy (non-hydrogen) atoms. The van der Waals surface area contributed by atoms with E-state index in [-0.39, 0.29) is 5.91 Å². The van der Waals surface area contributed by atoms with Crippen molar-refractivity contribution >= 4 is 23.4 Å². The predicted molar refractivity (Wildman–Crippen MR) is 93.8 cm³/mol. The second-order valence-corrected chi connectivity index (χ2v) is 6.08. The molecule has 0 atom stereocenters. The van der Waals surface area contributed by atoms with Gasteiger partial charge in [0.05, 0.1) is 30.3 Å². The lowest BCUT2D eigenvalue weighted by Gasteiger charge is -2.08. The van der Waals surface area contributed by atoms with Crippen LogP contribution in [-0.4, -0.2) is 28.1 Å². The Balaban J connectivity index is 1.71. The number of aryl methyl sites for hydroxylation is 1. The molecule has 3 heterocycles. The molecule has 0 unspecified atom stereocenters. The van der Waals surface area contributed by atoms with Crippen molar-refractivity contribution in [2.75, 3.05) is 12.4 Å². The van der Waals surface area contributed by atoms with Crippen molar-refractivity contribution in [2.24, 2.45) is 0 Å². The van der Waals surface area contributed by atoms with Crippen LogP contribution in [0.3, 0.4) is 0 Å². The maximum Gasteiger partial charge on any atom is 0.258 e. The molecular weight excluding hydrogens is 340 g/mol. The molecule has 0 aliphatic rings. The summed E-state index contributed by atoms with van der Waals surface area (Å²) in [7, 11) is 1.54. The molecular formula is C17H16N4O3S. The number of carbonyl (C=O) groups is 1. The van der Waals surface area contributed by atoms with Gasteiger partial charge in [-0.05, 0) is 25.1 Å². The van der Waals surface area contributed by atoms with E-state index in [1.807, 2.05) is 13.0 Å². The summed E-state index contributed by atoms with van der Waals surface area (Å²) in [4.78, 5) is 20.9. The number of hydrogen-bond donors (Lipinski definition) is 1. The number of thioether (sulfide) groups is 1. The van der Waals surface area contributed by atoms with E-state index in [1.54, 1.807) is 30.5 Å². The number of rotatable bonds is 6. The van der Waals surface area contributed by atoms with Gasteiger partial charge < -0.3 is 14.6 Å². The van der Waals surface area contributed by atoms with E-state index in [2.05, 4.69) is 20.4 Å². The van der Waals surface area contributed by atoms with Crippen molar-refractivity contribution in [1.82, 2.24) is 15.1 Å². The summed E-state index contributed by atoms with van der Waals surface area (Å²) in [5, 5.41) is 7.38. The van der Waals surface area contributed by atoms with Gasteiger partial charge in [0, 0.05) is 24.1 Å². The first-order valence-corrected chi connectivity index (χ1v) is 8.45. The van der Waals surface area contributed by atoms with Gasteiger partial charge in [0.25, 0.3) is 5.91 Å². The van der Waals surface area contributed by atoms with Crippen LogP contribution in [0.25, 0.3) is 0 Å². The van der Waals surface area contributed by atoms with E-state index in [1.165, 1.54) is 25.1 Å². The van der Waals surface area contributed by atoms with Gasteiger partial charge in [-0.25, -0.2) is 9.97 Å². The van der Waals surface area contributed by atoms with Crippen LogP contribution in [0.1, 0.15) is 21.8 Å². The number of nitrogens with zero attached hydrogens (tertiary/aromatic N) is 3. The zero-order chi connectivity index (χ0) is 17.6. The fourth-order valence-corrected chi connectivity index (χ4v) is 2.95. The summed E-state index contributed by atoms with van der Waals surface area (Å²) < 4.78 is 10.1. The highest BCUT2D eigenvalue weighted by molar-refractivity contribution is 7.98. The molecule has 0 saturated carbocycles. The van der Waals surface area contributed by atoms with E-state index in [0.29, 0.717) is 27.9 Å². The number of aromatic nitrogens is 3. The molecule has 0 spiro atoms. The van der Waals surface area contributed by atoms with Gasteiger partial charge in [0.1, 0.15) is 10.8 Å². The number of pyridine rings is 2. The molecule has 1 N–H and O–H groups in total. The molecule has 0 fully saturated rings. The highest BCUT2D eigenvalue weighted by Gasteiger charge is 2.14. The summed E-state index contributed by atoms with van der Waals surface area (Å²) in [5.41, 5.74) is 1.88. The fraction of sp³-hybridized carbons (Fsp3) is 0.176. The van der Waals surface area contributed by atoms with Crippen molar-refractivity contribution < 1.29 is 14.1 Å². The lowest BCUT2D eigenvalue weighted by Crippen LogP contribution is -2.13. The molecule has 0 aliphatic heterocycles. The molecule has 7 nitrogen and oxygen atoms in total. The van der Waals surface area contributed by atoms with E-state index < -0.39 is 0 Å². The molecule has 3 aromatic heterocycles. The fourth-order valence-electron chi connectivity index (χ4n) is 2.08. The van der Waals surface area contributed by atoms with Gasteiger partial charge in [-0.15, -0.1) is 0 Å². The summed E-state index contributed by atoms with van der Waals surface area (Å²) >= 11 is 1.43. The van der Waals surface area contributed by atoms with Gasteiger partial charge in [-0.3, -0.25) is 4.79 Å². The van der Waals surface area contributed by atoms with Gasteiger partial charge >= 0.3 is 0 Å². The van der Waals surface area contributed by atoms with Crippen molar-refractivity contribution in [3.8, 4) is 5.88 Å². The Hall–Kier alpha value is -2.87. The van der Waals surface area contributed by atoms with Gasteiger partial charge in [0.2, 0.25) is 5.88 Å². The molecule has 8 heteroatoms. The van der Waals surface area contributed by atoms with Crippen LogP contribution < -0.4 is 10.1 Å². The monoisotopic (exact) mass is 356 g/mol. The maximum atomic E-state index is 12.5. The van der Waals surface area contributed by atoms with Crippen LogP contribution in [0, 0.1) is 6.92 Å². The number of carbonyl (C=O) groups excluding carboxylic acids is 1. The zero-order valence-corrected chi connectivity index (χ0v) is 14.5. The minimum atomic E-state index is -0.251. The van der Waals surface area contributed by atoms with Crippen LogP contribution in [0.2, 0.25) is 0 Å². The van der Waals surface area contributed by atoms with E-state index in [9.17, 15) is 4.79 Å². The molecule has 3 aromatic rings. The van der Waals surface area contributed by atoms with Crippen LogP contribution >= 0.6 is 11.8 Å². The average molecular weight is 356 g/mol. The Kier molecular flexibility index (Phi) is 5.30. The highest BCUT2D eigenvalue weighted by atomic mass is 32.2. The third-order valence-electron chi connectivity index (χ3n) is 3.25. The number of methoxy groups -OCH3 is 1. The quantitative estimate of drug-likeness (QED) is 0.678. The summed E-state index contributed by atoms with van der Waals surface area (Å²) in [5.74, 6) is 1.55. The predicted octanol–water partition coefficient (Wildman–Crippen LogP) is 3.33. The Bertz CT molecular complexity index is 864.